The highest BCUT2D eigenvalue weighted by atomic mass is 35.5. The Hall–Kier alpha value is -3.43. The van der Waals surface area contributed by atoms with Crippen molar-refractivity contribution >= 4 is 29.3 Å². The van der Waals surface area contributed by atoms with Crippen LogP contribution in [0.1, 0.15) is 55.8 Å². The van der Waals surface area contributed by atoms with E-state index < -0.39 is 5.97 Å². The van der Waals surface area contributed by atoms with E-state index in [0.29, 0.717) is 48.6 Å². The lowest BCUT2D eigenvalue weighted by Gasteiger charge is -2.37. The fourth-order valence-electron chi connectivity index (χ4n) is 5.47. The van der Waals surface area contributed by atoms with Gasteiger partial charge in [-0.1, -0.05) is 24.6 Å². The van der Waals surface area contributed by atoms with Crippen LogP contribution < -0.4 is 9.64 Å². The minimum atomic E-state index is -1.13. The van der Waals surface area contributed by atoms with Crippen molar-refractivity contribution < 1.29 is 24.2 Å². The molecule has 1 saturated heterocycles. The molecule has 9 nitrogen and oxygen atoms in total. The average Bonchev–Trinajstić information content (AvgIpc) is 3.39. The number of carboxylic acid groups (broad SMARTS) is 1. The molecule has 1 N–H and O–H groups in total. The van der Waals surface area contributed by atoms with E-state index >= 15 is 0 Å². The topological polar surface area (TPSA) is 107 Å². The Labute approximate surface area is 232 Å². The minimum Gasteiger partial charge on any atom is -0.481 e. The highest BCUT2D eigenvalue weighted by Gasteiger charge is 2.37. The lowest BCUT2D eigenvalue weighted by molar-refractivity contribution is -0.124. The molecule has 0 unspecified atom stereocenters. The molecule has 39 heavy (non-hydrogen) atoms. The number of methoxy groups -OCH3 is 1. The number of aromatic carboxylic acids is 1. The van der Waals surface area contributed by atoms with E-state index in [9.17, 15) is 14.7 Å². The molecule has 0 atom stereocenters. The summed E-state index contributed by atoms with van der Waals surface area (Å²) in [5.74, 6) is -0.0310. The van der Waals surface area contributed by atoms with E-state index in [4.69, 9.17) is 21.1 Å². The van der Waals surface area contributed by atoms with Gasteiger partial charge in [0.2, 0.25) is 11.8 Å². The molecular formula is C29H33ClN4O5. The van der Waals surface area contributed by atoms with Crippen LogP contribution in [0.4, 0.5) is 5.82 Å². The SMILES string of the molecule is COc1ccc(-c2ccc(-n3cc(C(=O)O)c(N(C(=O)[C@H]4CC[C@H](C)CC4)C4CCOCC4)n3)cc2Cl)cn1. The number of hydrogen-bond acceptors (Lipinski definition) is 6. The molecule has 1 aliphatic carbocycles. The van der Waals surface area contributed by atoms with E-state index in [1.165, 1.54) is 10.9 Å². The predicted octanol–water partition coefficient (Wildman–Crippen LogP) is 5.63. The van der Waals surface area contributed by atoms with E-state index in [0.717, 1.165) is 36.8 Å². The summed E-state index contributed by atoms with van der Waals surface area (Å²) in [6, 6.07) is 8.84. The summed E-state index contributed by atoms with van der Waals surface area (Å²) in [6.45, 7) is 3.26. The van der Waals surface area contributed by atoms with Crippen molar-refractivity contribution in [1.82, 2.24) is 14.8 Å². The maximum Gasteiger partial charge on any atom is 0.341 e. The van der Waals surface area contributed by atoms with Crippen LogP contribution >= 0.6 is 11.6 Å². The number of carboxylic acids is 1. The Kier molecular flexibility index (Phi) is 8.18. The number of carbonyl (C=O) groups excluding carboxylic acids is 1. The predicted molar refractivity (Wildman–Crippen MR) is 148 cm³/mol. The number of rotatable bonds is 7. The largest absolute Gasteiger partial charge is 0.481 e. The Morgan fingerprint density at radius 2 is 1.85 bits per heavy atom. The number of amides is 1. The number of ether oxygens (including phenoxy) is 2. The molecule has 2 fully saturated rings. The second-order valence-corrected chi connectivity index (χ2v) is 10.8. The minimum absolute atomic E-state index is 0.0152. The summed E-state index contributed by atoms with van der Waals surface area (Å²) in [4.78, 5) is 32.2. The van der Waals surface area contributed by atoms with Crippen LogP contribution in [-0.2, 0) is 9.53 Å². The third kappa shape index (κ3) is 5.79. The lowest BCUT2D eigenvalue weighted by atomic mass is 9.82. The van der Waals surface area contributed by atoms with Gasteiger partial charge in [-0.3, -0.25) is 9.69 Å². The molecule has 1 aliphatic heterocycles. The monoisotopic (exact) mass is 552 g/mol. The van der Waals surface area contributed by atoms with Crippen molar-refractivity contribution in [1.29, 1.82) is 0 Å². The molecular weight excluding hydrogens is 520 g/mol. The van der Waals surface area contributed by atoms with Crippen molar-refractivity contribution in [2.45, 2.75) is 51.5 Å². The Morgan fingerprint density at radius 1 is 1.10 bits per heavy atom. The van der Waals surface area contributed by atoms with Gasteiger partial charge in [0, 0.05) is 54.8 Å². The average molecular weight is 553 g/mol. The number of nitrogens with zero attached hydrogens (tertiary/aromatic N) is 4. The summed E-state index contributed by atoms with van der Waals surface area (Å²) in [6.07, 6.45) is 8.01. The molecule has 2 aliphatic rings. The van der Waals surface area contributed by atoms with Gasteiger partial charge in [0.1, 0.15) is 5.56 Å². The van der Waals surface area contributed by atoms with Gasteiger partial charge in [0.15, 0.2) is 5.82 Å². The number of pyridine rings is 1. The van der Waals surface area contributed by atoms with Crippen LogP contribution in [-0.4, -0.2) is 58.1 Å². The molecule has 2 aromatic heterocycles. The van der Waals surface area contributed by atoms with Crippen molar-refractivity contribution in [2.24, 2.45) is 11.8 Å². The first-order valence-electron chi connectivity index (χ1n) is 13.4. The highest BCUT2D eigenvalue weighted by Crippen LogP contribution is 2.35. The van der Waals surface area contributed by atoms with Crippen molar-refractivity contribution in [3.8, 4) is 22.7 Å². The van der Waals surface area contributed by atoms with Crippen LogP contribution in [0.3, 0.4) is 0 Å². The molecule has 1 aromatic carbocycles. The molecule has 0 spiro atoms. The van der Waals surface area contributed by atoms with Gasteiger partial charge in [-0.15, -0.1) is 5.10 Å². The smallest absolute Gasteiger partial charge is 0.341 e. The maximum absolute atomic E-state index is 13.9. The van der Waals surface area contributed by atoms with Crippen LogP contribution in [0.15, 0.2) is 42.7 Å². The fourth-order valence-corrected chi connectivity index (χ4v) is 5.76. The molecule has 3 aromatic rings. The summed E-state index contributed by atoms with van der Waals surface area (Å²) in [5.41, 5.74) is 2.16. The third-order valence-corrected chi connectivity index (χ3v) is 8.10. The molecule has 5 rings (SSSR count). The third-order valence-electron chi connectivity index (χ3n) is 7.79. The van der Waals surface area contributed by atoms with E-state index in [-0.39, 0.29) is 29.2 Å². The number of aromatic nitrogens is 3. The first kappa shape index (κ1) is 27.1. The zero-order chi connectivity index (χ0) is 27.5. The number of anilines is 1. The van der Waals surface area contributed by atoms with Crippen LogP contribution in [0.25, 0.3) is 16.8 Å². The quantitative estimate of drug-likeness (QED) is 0.404. The Morgan fingerprint density at radius 3 is 2.46 bits per heavy atom. The molecule has 3 heterocycles. The maximum atomic E-state index is 13.9. The Balaban J connectivity index is 1.50. The van der Waals surface area contributed by atoms with Crippen molar-refractivity contribution in [3.05, 3.63) is 53.3 Å². The summed E-state index contributed by atoms with van der Waals surface area (Å²) in [7, 11) is 1.56. The van der Waals surface area contributed by atoms with Gasteiger partial charge in [0.25, 0.3) is 0 Å². The zero-order valence-corrected chi connectivity index (χ0v) is 22.9. The molecule has 10 heteroatoms. The first-order valence-corrected chi connectivity index (χ1v) is 13.8. The zero-order valence-electron chi connectivity index (χ0n) is 22.2. The van der Waals surface area contributed by atoms with E-state index in [2.05, 4.69) is 17.0 Å². The van der Waals surface area contributed by atoms with Crippen LogP contribution in [0, 0.1) is 11.8 Å². The standard InChI is InChI=1S/C29H33ClN4O5/c1-18-3-5-19(6-4-18)28(35)34(21-11-13-39-14-12-21)27-24(29(36)37)17-33(32-27)22-8-9-23(25(30)15-22)20-7-10-26(38-2)31-16-20/h7-10,15-19,21H,3-6,11-14H2,1-2H3,(H,36,37)/t18-,19-. The van der Waals surface area contributed by atoms with Gasteiger partial charge in [-0.2, -0.15) is 0 Å². The molecule has 206 valence electrons. The number of hydrogen-bond donors (Lipinski definition) is 1. The van der Waals surface area contributed by atoms with Crippen LogP contribution in [0.5, 0.6) is 5.88 Å². The fraction of sp³-hybridized carbons (Fsp3) is 0.448. The van der Waals surface area contributed by atoms with Gasteiger partial charge in [0.05, 0.1) is 17.8 Å². The first-order chi connectivity index (χ1) is 18.9. The summed E-state index contributed by atoms with van der Waals surface area (Å²) in [5, 5.41) is 15.3. The van der Waals surface area contributed by atoms with Crippen molar-refractivity contribution in [2.75, 3.05) is 25.2 Å². The Bertz CT molecular complexity index is 1330. The van der Waals surface area contributed by atoms with Gasteiger partial charge < -0.3 is 14.6 Å². The van der Waals surface area contributed by atoms with Gasteiger partial charge >= 0.3 is 5.97 Å². The van der Waals surface area contributed by atoms with Gasteiger partial charge in [-0.05, 0) is 62.6 Å². The molecule has 0 radical (unpaired) electrons. The number of benzene rings is 1. The van der Waals surface area contributed by atoms with E-state index in [1.54, 1.807) is 30.3 Å². The summed E-state index contributed by atoms with van der Waals surface area (Å²) < 4.78 is 12.2. The molecule has 1 amide bonds. The second kappa shape index (κ2) is 11.8. The van der Waals surface area contributed by atoms with Gasteiger partial charge in [-0.25, -0.2) is 14.5 Å². The second-order valence-electron chi connectivity index (χ2n) is 10.4. The summed E-state index contributed by atoms with van der Waals surface area (Å²) >= 11 is 6.65. The highest BCUT2D eigenvalue weighted by molar-refractivity contribution is 6.33. The molecule has 0 bridgehead atoms. The van der Waals surface area contributed by atoms with E-state index in [1.807, 2.05) is 18.2 Å². The number of halogens is 1. The number of carbonyl (C=O) groups is 2. The van der Waals surface area contributed by atoms with Crippen molar-refractivity contribution in [3.63, 3.8) is 0 Å². The normalized spacial score (nSPS) is 20.0. The molecule has 1 saturated carbocycles. The van der Waals surface area contributed by atoms with Crippen LogP contribution in [0.2, 0.25) is 5.02 Å². The lowest BCUT2D eigenvalue weighted by Crippen LogP contribution is -2.47.